The van der Waals surface area contributed by atoms with Crippen LogP contribution in [0.15, 0.2) is 49.0 Å². The zero-order chi connectivity index (χ0) is 17.4. The van der Waals surface area contributed by atoms with E-state index >= 15 is 0 Å². The minimum Gasteiger partial charge on any atom is -0.399 e. The van der Waals surface area contributed by atoms with Crippen LogP contribution in [0, 0.1) is 0 Å². The molecule has 24 heavy (non-hydrogen) atoms. The molecule has 0 saturated heterocycles. The number of ether oxygens (including phenoxy) is 2. The summed E-state index contributed by atoms with van der Waals surface area (Å²) in [5.74, 6) is 0. The Morgan fingerprint density at radius 2 is 1.62 bits per heavy atom. The Hall–Kier alpha value is -2.30. The lowest BCUT2D eigenvalue weighted by atomic mass is 10.0. The van der Waals surface area contributed by atoms with Gasteiger partial charge < -0.3 is 20.1 Å². The average Bonchev–Trinajstić information content (AvgIpc) is 2.62. The van der Waals surface area contributed by atoms with Crippen LogP contribution in [-0.4, -0.2) is 40.5 Å². The second kappa shape index (κ2) is 9.11. The molecule has 128 valence electrons. The average molecular weight is 326 g/mol. The molecule has 0 unspecified atom stereocenters. The summed E-state index contributed by atoms with van der Waals surface area (Å²) < 4.78 is 10.5. The molecular formula is C20H26N2O2. The van der Waals surface area contributed by atoms with Crippen LogP contribution in [0.25, 0.3) is 17.2 Å². The van der Waals surface area contributed by atoms with Gasteiger partial charge >= 0.3 is 0 Å². The monoisotopic (exact) mass is 326 g/mol. The van der Waals surface area contributed by atoms with E-state index in [-0.39, 0.29) is 0 Å². The molecule has 0 aromatic heterocycles. The molecule has 0 aliphatic heterocycles. The smallest absolute Gasteiger partial charge is 0.0637 e. The van der Waals surface area contributed by atoms with Crippen molar-refractivity contribution in [1.29, 1.82) is 0 Å². The summed E-state index contributed by atoms with van der Waals surface area (Å²) in [6.45, 7) is 6.70. The molecule has 4 nitrogen and oxygen atoms in total. The molecule has 2 aromatic carbocycles. The number of nitrogens with zero attached hydrogens (tertiary/aromatic N) is 1. The van der Waals surface area contributed by atoms with E-state index in [1.807, 2.05) is 18.2 Å². The largest absolute Gasteiger partial charge is 0.399 e. The van der Waals surface area contributed by atoms with Crippen LogP contribution < -0.4 is 10.6 Å². The predicted octanol–water partition coefficient (Wildman–Crippen LogP) is 3.68. The molecule has 0 aliphatic rings. The Morgan fingerprint density at radius 1 is 1.00 bits per heavy atom. The van der Waals surface area contributed by atoms with Gasteiger partial charge in [-0.05, 0) is 29.3 Å². The van der Waals surface area contributed by atoms with Gasteiger partial charge in [0.15, 0.2) is 0 Å². The quantitative estimate of drug-likeness (QED) is 0.714. The fraction of sp³-hybridized carbons (Fsp3) is 0.300. The van der Waals surface area contributed by atoms with Crippen molar-refractivity contribution < 1.29 is 9.47 Å². The molecule has 0 fully saturated rings. The summed E-state index contributed by atoms with van der Waals surface area (Å²) in [7, 11) is 3.43. The van der Waals surface area contributed by atoms with Crippen LogP contribution in [0.1, 0.15) is 5.56 Å². The van der Waals surface area contributed by atoms with E-state index in [1.54, 1.807) is 14.2 Å². The lowest BCUT2D eigenvalue weighted by molar-refractivity contribution is 0.190. The molecule has 0 saturated carbocycles. The summed E-state index contributed by atoms with van der Waals surface area (Å²) >= 11 is 0. The fourth-order valence-electron chi connectivity index (χ4n) is 2.62. The zero-order valence-electron chi connectivity index (χ0n) is 14.5. The highest BCUT2D eigenvalue weighted by Crippen LogP contribution is 2.33. The summed E-state index contributed by atoms with van der Waals surface area (Å²) in [5, 5.41) is 0. The number of rotatable bonds is 9. The molecule has 2 N–H and O–H groups in total. The van der Waals surface area contributed by atoms with E-state index in [0.29, 0.717) is 13.2 Å². The van der Waals surface area contributed by atoms with Gasteiger partial charge in [0.1, 0.15) is 0 Å². The normalized spacial score (nSPS) is 10.6. The number of nitrogens with two attached hydrogens (primary N) is 1. The minimum absolute atomic E-state index is 0.656. The van der Waals surface area contributed by atoms with Gasteiger partial charge in [0.2, 0.25) is 0 Å². The molecule has 2 rings (SSSR count). The maximum absolute atomic E-state index is 6.04. The number of hydrogen-bond acceptors (Lipinski definition) is 4. The van der Waals surface area contributed by atoms with Gasteiger partial charge in [-0.15, -0.1) is 0 Å². The van der Waals surface area contributed by atoms with Crippen molar-refractivity contribution in [3.8, 4) is 11.1 Å². The third-order valence-corrected chi connectivity index (χ3v) is 3.95. The molecule has 2 aromatic rings. The Morgan fingerprint density at radius 3 is 2.17 bits per heavy atom. The van der Waals surface area contributed by atoms with Crippen LogP contribution in [0.5, 0.6) is 0 Å². The Bertz CT molecular complexity index is 645. The summed E-state index contributed by atoms with van der Waals surface area (Å²) in [5.41, 5.74) is 11.3. The number of hydrogen-bond donors (Lipinski definition) is 1. The SMILES string of the molecule is C=Cc1ccc(-c2cc(N)ccc2N(CCOC)CCOC)cc1. The van der Waals surface area contributed by atoms with Gasteiger partial charge in [-0.1, -0.05) is 36.9 Å². The Balaban J connectivity index is 2.41. The first-order valence-corrected chi connectivity index (χ1v) is 8.04. The lowest BCUT2D eigenvalue weighted by Gasteiger charge is -2.27. The van der Waals surface area contributed by atoms with Gasteiger partial charge in [0.05, 0.1) is 13.2 Å². The Kier molecular flexibility index (Phi) is 6.85. The molecule has 0 bridgehead atoms. The fourth-order valence-corrected chi connectivity index (χ4v) is 2.62. The summed E-state index contributed by atoms with van der Waals surface area (Å²) in [6, 6.07) is 14.3. The zero-order valence-corrected chi connectivity index (χ0v) is 14.5. The third kappa shape index (κ3) is 4.60. The predicted molar refractivity (Wildman–Crippen MR) is 102 cm³/mol. The topological polar surface area (TPSA) is 47.7 Å². The second-order valence-corrected chi connectivity index (χ2v) is 5.58. The van der Waals surface area contributed by atoms with Crippen LogP contribution in [0.3, 0.4) is 0 Å². The van der Waals surface area contributed by atoms with Crippen LogP contribution in [0.2, 0.25) is 0 Å². The molecule has 0 aliphatic carbocycles. The van der Waals surface area contributed by atoms with E-state index in [1.165, 1.54) is 0 Å². The highest BCUT2D eigenvalue weighted by molar-refractivity contribution is 5.81. The molecule has 0 spiro atoms. The molecule has 0 radical (unpaired) electrons. The highest BCUT2D eigenvalue weighted by atomic mass is 16.5. The van der Waals surface area contributed by atoms with Gasteiger partial charge in [0, 0.05) is 44.2 Å². The second-order valence-electron chi connectivity index (χ2n) is 5.58. The number of benzene rings is 2. The highest BCUT2D eigenvalue weighted by Gasteiger charge is 2.13. The number of anilines is 2. The molecule has 0 heterocycles. The van der Waals surface area contributed by atoms with E-state index in [4.69, 9.17) is 15.2 Å². The lowest BCUT2D eigenvalue weighted by Crippen LogP contribution is -2.31. The first-order valence-electron chi connectivity index (χ1n) is 8.04. The van der Waals surface area contributed by atoms with Crippen LogP contribution >= 0.6 is 0 Å². The van der Waals surface area contributed by atoms with E-state index < -0.39 is 0 Å². The maximum atomic E-state index is 6.04. The standard InChI is InChI=1S/C20H26N2O2/c1-4-16-5-7-17(8-6-16)19-15-18(21)9-10-20(19)22(11-13-23-2)12-14-24-3/h4-10,15H,1,11-14,21H2,2-3H3. The van der Waals surface area contributed by atoms with Gasteiger partial charge in [0.25, 0.3) is 0 Å². The molecule has 0 amide bonds. The van der Waals surface area contributed by atoms with Crippen molar-refractivity contribution >= 4 is 17.5 Å². The van der Waals surface area contributed by atoms with E-state index in [2.05, 4.69) is 41.8 Å². The van der Waals surface area contributed by atoms with Crippen molar-refractivity contribution in [3.63, 3.8) is 0 Å². The summed E-state index contributed by atoms with van der Waals surface area (Å²) in [6.07, 6.45) is 1.84. The van der Waals surface area contributed by atoms with E-state index in [9.17, 15) is 0 Å². The first-order chi connectivity index (χ1) is 11.7. The Labute approximate surface area is 144 Å². The van der Waals surface area contributed by atoms with Crippen molar-refractivity contribution in [1.82, 2.24) is 0 Å². The van der Waals surface area contributed by atoms with Crippen LogP contribution in [-0.2, 0) is 9.47 Å². The number of methoxy groups -OCH3 is 2. The maximum Gasteiger partial charge on any atom is 0.0637 e. The van der Waals surface area contributed by atoms with Gasteiger partial charge in [-0.2, -0.15) is 0 Å². The van der Waals surface area contributed by atoms with Crippen LogP contribution in [0.4, 0.5) is 11.4 Å². The van der Waals surface area contributed by atoms with Crippen molar-refractivity contribution in [2.75, 3.05) is 51.2 Å². The van der Waals surface area contributed by atoms with Gasteiger partial charge in [-0.3, -0.25) is 0 Å². The molecule has 0 atom stereocenters. The minimum atomic E-state index is 0.656. The summed E-state index contributed by atoms with van der Waals surface area (Å²) in [4.78, 5) is 2.27. The van der Waals surface area contributed by atoms with E-state index in [0.717, 1.165) is 41.2 Å². The van der Waals surface area contributed by atoms with Gasteiger partial charge in [-0.25, -0.2) is 0 Å². The molecule has 4 heteroatoms. The third-order valence-electron chi connectivity index (χ3n) is 3.95. The molecular weight excluding hydrogens is 300 g/mol. The van der Waals surface area contributed by atoms with Crippen molar-refractivity contribution in [2.45, 2.75) is 0 Å². The van der Waals surface area contributed by atoms with Crippen molar-refractivity contribution in [2.24, 2.45) is 0 Å². The van der Waals surface area contributed by atoms with Crippen molar-refractivity contribution in [3.05, 3.63) is 54.6 Å². The first kappa shape index (κ1) is 18.0. The number of nitrogen functional groups attached to an aromatic ring is 1.